The van der Waals surface area contributed by atoms with Gasteiger partial charge < -0.3 is 4.42 Å². The van der Waals surface area contributed by atoms with E-state index in [2.05, 4.69) is 9.71 Å². The van der Waals surface area contributed by atoms with Crippen LogP contribution in [0.5, 0.6) is 0 Å². The largest absolute Gasteiger partial charge is 0.459 e. The average Bonchev–Trinajstić information content (AvgIpc) is 3.10. The zero-order valence-electron chi connectivity index (χ0n) is 13.4. The second-order valence-corrected chi connectivity index (χ2v) is 7.88. The topological polar surface area (TPSA) is 71.7 Å². The van der Waals surface area contributed by atoms with Gasteiger partial charge in [-0.15, -0.1) is 0 Å². The van der Waals surface area contributed by atoms with Gasteiger partial charge in [-0.25, -0.2) is 13.1 Å². The zero-order valence-corrected chi connectivity index (χ0v) is 15.7. The van der Waals surface area contributed by atoms with E-state index in [9.17, 15) is 8.42 Å². The van der Waals surface area contributed by atoms with E-state index < -0.39 is 10.0 Å². The summed E-state index contributed by atoms with van der Waals surface area (Å²) in [6.45, 7) is 0.0395. The van der Waals surface area contributed by atoms with Crippen LogP contribution < -0.4 is 4.72 Å². The maximum absolute atomic E-state index is 12.2. The van der Waals surface area contributed by atoms with E-state index >= 15 is 0 Å². The average molecular weight is 409 g/mol. The van der Waals surface area contributed by atoms with Gasteiger partial charge in [-0.05, 0) is 42.5 Å². The molecule has 0 aliphatic heterocycles. The highest BCUT2D eigenvalue weighted by molar-refractivity contribution is 7.89. The number of sulfonamides is 1. The van der Waals surface area contributed by atoms with Crippen molar-refractivity contribution in [1.29, 1.82) is 0 Å². The number of nitrogens with zero attached hydrogens (tertiary/aromatic N) is 1. The Bertz CT molecular complexity index is 1030. The van der Waals surface area contributed by atoms with Crippen molar-refractivity contribution in [3.8, 4) is 0 Å². The molecule has 1 heterocycles. The van der Waals surface area contributed by atoms with E-state index in [0.717, 1.165) is 0 Å². The molecule has 2 aromatic carbocycles. The van der Waals surface area contributed by atoms with Crippen LogP contribution in [0.2, 0.25) is 10.0 Å². The van der Waals surface area contributed by atoms with Crippen LogP contribution in [0.3, 0.4) is 0 Å². The molecular formula is C18H14Cl2N2O3S. The van der Waals surface area contributed by atoms with Gasteiger partial charge in [0.2, 0.25) is 10.0 Å². The Morgan fingerprint density at radius 1 is 1.00 bits per heavy atom. The molecule has 0 atom stereocenters. The second kappa shape index (κ2) is 8.05. The van der Waals surface area contributed by atoms with Gasteiger partial charge in [0.1, 0.15) is 11.5 Å². The summed E-state index contributed by atoms with van der Waals surface area (Å²) in [5, 5.41) is 0.869. The van der Waals surface area contributed by atoms with Crippen LogP contribution in [0, 0.1) is 0 Å². The van der Waals surface area contributed by atoms with Crippen LogP contribution in [-0.2, 0) is 16.6 Å². The lowest BCUT2D eigenvalue weighted by Gasteiger charge is -2.04. The molecule has 8 heteroatoms. The maximum Gasteiger partial charge on any atom is 0.240 e. The van der Waals surface area contributed by atoms with E-state index in [0.29, 0.717) is 27.3 Å². The maximum atomic E-state index is 12.2. The lowest BCUT2D eigenvalue weighted by molar-refractivity contribution is 0.494. The van der Waals surface area contributed by atoms with Gasteiger partial charge in [-0.1, -0.05) is 41.4 Å². The summed E-state index contributed by atoms with van der Waals surface area (Å²) in [7, 11) is -3.58. The van der Waals surface area contributed by atoms with E-state index in [4.69, 9.17) is 27.6 Å². The fourth-order valence-electron chi connectivity index (χ4n) is 2.11. The number of hydrogen-bond donors (Lipinski definition) is 1. The molecule has 0 radical (unpaired) electrons. The van der Waals surface area contributed by atoms with Gasteiger partial charge in [0.25, 0.3) is 0 Å². The van der Waals surface area contributed by atoms with Gasteiger partial charge in [-0.2, -0.15) is 0 Å². The number of halogens is 2. The molecule has 0 saturated heterocycles. The van der Waals surface area contributed by atoms with Crippen molar-refractivity contribution < 1.29 is 12.8 Å². The third-order valence-electron chi connectivity index (χ3n) is 3.42. The first kappa shape index (κ1) is 18.7. The Balaban J connectivity index is 1.64. The molecule has 3 aromatic rings. The van der Waals surface area contributed by atoms with Crippen LogP contribution in [0.1, 0.15) is 11.5 Å². The van der Waals surface area contributed by atoms with Crippen molar-refractivity contribution in [3.05, 3.63) is 82.2 Å². The molecule has 134 valence electrons. The van der Waals surface area contributed by atoms with E-state index in [-0.39, 0.29) is 11.4 Å². The number of furan rings is 1. The number of aliphatic imine (C=N–C) groups is 1. The van der Waals surface area contributed by atoms with Gasteiger partial charge in [0.15, 0.2) is 0 Å². The molecule has 0 bridgehead atoms. The minimum Gasteiger partial charge on any atom is -0.459 e. The van der Waals surface area contributed by atoms with Gasteiger partial charge >= 0.3 is 0 Å². The van der Waals surface area contributed by atoms with Crippen LogP contribution in [0.4, 0.5) is 5.69 Å². The summed E-state index contributed by atoms with van der Waals surface area (Å²) >= 11 is 11.8. The molecule has 0 fully saturated rings. The number of hydrogen-bond acceptors (Lipinski definition) is 4. The summed E-state index contributed by atoms with van der Waals surface area (Å²) in [4.78, 5) is 4.45. The molecule has 1 aromatic heterocycles. The highest BCUT2D eigenvalue weighted by atomic mass is 35.5. The quantitative estimate of drug-likeness (QED) is 0.594. The Morgan fingerprint density at radius 3 is 2.50 bits per heavy atom. The Kier molecular flexibility index (Phi) is 5.78. The van der Waals surface area contributed by atoms with Crippen molar-refractivity contribution in [3.63, 3.8) is 0 Å². The lowest BCUT2D eigenvalue weighted by Crippen LogP contribution is -2.22. The summed E-state index contributed by atoms with van der Waals surface area (Å²) in [6, 6.07) is 16.5. The Labute approximate surface area is 161 Å². The zero-order chi connectivity index (χ0) is 18.6. The van der Waals surface area contributed by atoms with E-state index in [1.807, 2.05) is 0 Å². The van der Waals surface area contributed by atoms with Crippen molar-refractivity contribution >= 4 is 45.1 Å². The molecule has 5 nitrogen and oxygen atoms in total. The molecule has 0 amide bonds. The standard InChI is InChI=1S/C18H14Cl2N2O3S/c19-17-9-6-13(10-18(17)20)21-11-14-7-8-15(25-14)12-22-26(23,24)16-4-2-1-3-5-16/h1-11,22H,12H2. The first-order valence-electron chi connectivity index (χ1n) is 7.56. The smallest absolute Gasteiger partial charge is 0.240 e. The number of benzene rings is 2. The lowest BCUT2D eigenvalue weighted by atomic mass is 10.3. The third-order valence-corrected chi connectivity index (χ3v) is 5.57. The van der Waals surface area contributed by atoms with Crippen LogP contribution in [0.25, 0.3) is 0 Å². The summed E-state index contributed by atoms with van der Waals surface area (Å²) in [6.07, 6.45) is 1.52. The highest BCUT2D eigenvalue weighted by Gasteiger charge is 2.13. The van der Waals surface area contributed by atoms with Gasteiger partial charge in [0.05, 0.1) is 33.4 Å². The molecule has 0 aliphatic carbocycles. The molecule has 0 aliphatic rings. The molecule has 0 unspecified atom stereocenters. The minimum atomic E-state index is -3.58. The van der Waals surface area contributed by atoms with Gasteiger partial charge in [0, 0.05) is 0 Å². The molecule has 0 spiro atoms. The molecule has 26 heavy (non-hydrogen) atoms. The summed E-state index contributed by atoms with van der Waals surface area (Å²) in [5.41, 5.74) is 0.627. The predicted molar refractivity (Wildman–Crippen MR) is 103 cm³/mol. The van der Waals surface area contributed by atoms with Crippen molar-refractivity contribution in [2.75, 3.05) is 0 Å². The van der Waals surface area contributed by atoms with Crippen LogP contribution in [-0.4, -0.2) is 14.6 Å². The van der Waals surface area contributed by atoms with Gasteiger partial charge in [-0.3, -0.25) is 4.99 Å². The fraction of sp³-hybridized carbons (Fsp3) is 0.0556. The van der Waals surface area contributed by atoms with Crippen LogP contribution >= 0.6 is 23.2 Å². The number of nitrogens with one attached hydrogen (secondary N) is 1. The normalized spacial score (nSPS) is 11.9. The van der Waals surface area contributed by atoms with Crippen molar-refractivity contribution in [2.45, 2.75) is 11.4 Å². The predicted octanol–water partition coefficient (Wildman–Crippen LogP) is 4.82. The highest BCUT2D eigenvalue weighted by Crippen LogP contribution is 2.26. The summed E-state index contributed by atoms with van der Waals surface area (Å²) in [5.74, 6) is 0.963. The first-order chi connectivity index (χ1) is 12.4. The minimum absolute atomic E-state index is 0.0395. The molecule has 0 saturated carbocycles. The molecular weight excluding hydrogens is 395 g/mol. The molecule has 1 N–H and O–H groups in total. The first-order valence-corrected chi connectivity index (χ1v) is 9.80. The Morgan fingerprint density at radius 2 is 1.77 bits per heavy atom. The fourth-order valence-corrected chi connectivity index (χ4v) is 3.42. The summed E-state index contributed by atoms with van der Waals surface area (Å²) < 4.78 is 32.4. The monoisotopic (exact) mass is 408 g/mol. The van der Waals surface area contributed by atoms with E-state index in [1.54, 1.807) is 48.5 Å². The number of rotatable bonds is 6. The van der Waals surface area contributed by atoms with Crippen LogP contribution in [0.15, 0.2) is 75.0 Å². The molecule has 3 rings (SSSR count). The van der Waals surface area contributed by atoms with Crippen molar-refractivity contribution in [2.24, 2.45) is 4.99 Å². The third kappa shape index (κ3) is 4.74. The Hall–Kier alpha value is -2.12. The van der Waals surface area contributed by atoms with E-state index in [1.165, 1.54) is 18.3 Å². The van der Waals surface area contributed by atoms with Crippen molar-refractivity contribution in [1.82, 2.24) is 4.72 Å². The SMILES string of the molecule is O=S(=O)(NCc1ccc(C=Nc2ccc(Cl)c(Cl)c2)o1)c1ccccc1. The second-order valence-electron chi connectivity index (χ2n) is 5.30.